The van der Waals surface area contributed by atoms with Crippen molar-refractivity contribution in [2.45, 2.75) is 6.42 Å². The largest absolute Gasteiger partial charge is 0.378 e. The van der Waals surface area contributed by atoms with Crippen molar-refractivity contribution in [2.24, 2.45) is 5.10 Å². The topological polar surface area (TPSA) is 103 Å². The zero-order chi connectivity index (χ0) is 15.4. The summed E-state index contributed by atoms with van der Waals surface area (Å²) >= 11 is 0. The SMILES string of the molecule is CN(C)c1ccc(C(=O)NN=C2NC(=O)CC(=O)N2)cc1. The molecule has 0 aliphatic carbocycles. The molecular formula is C13H15N5O3. The number of hydrogen-bond donors (Lipinski definition) is 3. The molecule has 1 aromatic rings. The van der Waals surface area contributed by atoms with Crippen LogP contribution in [0, 0.1) is 0 Å². The maximum Gasteiger partial charge on any atom is 0.271 e. The first-order chi connectivity index (χ1) is 9.95. The van der Waals surface area contributed by atoms with Gasteiger partial charge in [0, 0.05) is 25.3 Å². The number of carbonyl (C=O) groups is 3. The molecule has 110 valence electrons. The summed E-state index contributed by atoms with van der Waals surface area (Å²) < 4.78 is 0. The van der Waals surface area contributed by atoms with Gasteiger partial charge < -0.3 is 4.90 Å². The number of rotatable bonds is 3. The van der Waals surface area contributed by atoms with Crippen molar-refractivity contribution in [1.82, 2.24) is 16.1 Å². The highest BCUT2D eigenvalue weighted by atomic mass is 16.2. The quantitative estimate of drug-likeness (QED) is 0.510. The monoisotopic (exact) mass is 289 g/mol. The summed E-state index contributed by atoms with van der Waals surface area (Å²) in [6, 6.07) is 6.91. The highest BCUT2D eigenvalue weighted by molar-refractivity contribution is 6.15. The molecule has 0 aromatic heterocycles. The molecule has 0 unspecified atom stereocenters. The van der Waals surface area contributed by atoms with Crippen molar-refractivity contribution in [1.29, 1.82) is 0 Å². The molecule has 21 heavy (non-hydrogen) atoms. The lowest BCUT2D eigenvalue weighted by Gasteiger charge is -2.15. The molecule has 0 saturated carbocycles. The number of carbonyl (C=O) groups excluding carboxylic acids is 3. The summed E-state index contributed by atoms with van der Waals surface area (Å²) in [6.45, 7) is 0. The van der Waals surface area contributed by atoms with Gasteiger partial charge in [0.15, 0.2) is 0 Å². The third-order valence-corrected chi connectivity index (χ3v) is 2.75. The van der Waals surface area contributed by atoms with E-state index in [9.17, 15) is 14.4 Å². The number of amides is 3. The first-order valence-corrected chi connectivity index (χ1v) is 6.21. The Morgan fingerprint density at radius 2 is 1.71 bits per heavy atom. The Kier molecular flexibility index (Phi) is 4.17. The van der Waals surface area contributed by atoms with E-state index in [1.165, 1.54) is 0 Å². The van der Waals surface area contributed by atoms with E-state index in [4.69, 9.17) is 0 Å². The maximum absolute atomic E-state index is 11.9. The highest BCUT2D eigenvalue weighted by Gasteiger charge is 2.20. The van der Waals surface area contributed by atoms with Gasteiger partial charge in [-0.2, -0.15) is 0 Å². The number of hydrogen-bond acceptors (Lipinski definition) is 5. The summed E-state index contributed by atoms with van der Waals surface area (Å²) in [5.74, 6) is -1.47. The van der Waals surface area contributed by atoms with Crippen molar-refractivity contribution in [3.63, 3.8) is 0 Å². The van der Waals surface area contributed by atoms with E-state index < -0.39 is 17.7 Å². The molecule has 3 amide bonds. The molecule has 0 bridgehead atoms. The van der Waals surface area contributed by atoms with Crippen LogP contribution < -0.4 is 21.0 Å². The lowest BCUT2D eigenvalue weighted by atomic mass is 10.2. The van der Waals surface area contributed by atoms with Crippen LogP contribution >= 0.6 is 0 Å². The zero-order valence-electron chi connectivity index (χ0n) is 11.6. The third-order valence-electron chi connectivity index (χ3n) is 2.75. The van der Waals surface area contributed by atoms with Gasteiger partial charge in [0.25, 0.3) is 5.91 Å². The molecular weight excluding hydrogens is 274 g/mol. The van der Waals surface area contributed by atoms with Crippen LogP contribution in [0.4, 0.5) is 5.69 Å². The fraction of sp³-hybridized carbons (Fsp3) is 0.231. The Balaban J connectivity index is 2.01. The van der Waals surface area contributed by atoms with Crippen LogP contribution in [0.5, 0.6) is 0 Å². The fourth-order valence-electron chi connectivity index (χ4n) is 1.67. The predicted octanol–water partition coefficient (Wildman–Crippen LogP) is -0.610. The molecule has 1 aromatic carbocycles. The molecule has 8 heteroatoms. The standard InChI is InChI=1S/C13H15N5O3/c1-18(2)9-5-3-8(4-6-9)12(21)16-17-13-14-10(19)7-11(20)15-13/h3-6H,7H2,1-2H3,(H,16,21)(H2,14,15,17,19,20). The minimum atomic E-state index is -0.470. The van der Waals surface area contributed by atoms with Crippen LogP contribution in [0.3, 0.4) is 0 Å². The second-order valence-electron chi connectivity index (χ2n) is 4.62. The van der Waals surface area contributed by atoms with Crippen molar-refractivity contribution in [3.05, 3.63) is 29.8 Å². The summed E-state index contributed by atoms with van der Waals surface area (Å²) in [5.41, 5.74) is 3.64. The first kappa shape index (κ1) is 14.5. The van der Waals surface area contributed by atoms with Crippen molar-refractivity contribution >= 4 is 29.4 Å². The highest BCUT2D eigenvalue weighted by Crippen LogP contribution is 2.11. The zero-order valence-corrected chi connectivity index (χ0v) is 11.6. The van der Waals surface area contributed by atoms with E-state index in [1.54, 1.807) is 24.3 Å². The van der Waals surface area contributed by atoms with Crippen molar-refractivity contribution in [3.8, 4) is 0 Å². The van der Waals surface area contributed by atoms with Gasteiger partial charge >= 0.3 is 0 Å². The van der Waals surface area contributed by atoms with E-state index >= 15 is 0 Å². The van der Waals surface area contributed by atoms with Gasteiger partial charge in [-0.3, -0.25) is 25.0 Å². The molecule has 1 aliphatic heterocycles. The minimum Gasteiger partial charge on any atom is -0.378 e. The number of guanidine groups is 1. The number of nitrogens with zero attached hydrogens (tertiary/aromatic N) is 2. The average molecular weight is 289 g/mol. The number of nitrogens with one attached hydrogen (secondary N) is 3. The Hall–Kier alpha value is -2.90. The Labute approximate surface area is 121 Å². The molecule has 0 radical (unpaired) electrons. The van der Waals surface area contributed by atoms with E-state index in [2.05, 4.69) is 21.2 Å². The van der Waals surface area contributed by atoms with Gasteiger partial charge in [-0.05, 0) is 24.3 Å². The molecule has 1 heterocycles. The van der Waals surface area contributed by atoms with Crippen molar-refractivity contribution < 1.29 is 14.4 Å². The van der Waals surface area contributed by atoms with Crippen LogP contribution in [-0.4, -0.2) is 37.8 Å². The van der Waals surface area contributed by atoms with Crippen molar-refractivity contribution in [2.75, 3.05) is 19.0 Å². The molecule has 1 fully saturated rings. The Bertz CT molecular complexity index is 589. The molecule has 0 atom stereocenters. The first-order valence-electron chi connectivity index (χ1n) is 6.21. The summed E-state index contributed by atoms with van der Waals surface area (Å²) in [6.07, 6.45) is -0.251. The van der Waals surface area contributed by atoms with Crippen LogP contribution in [0.25, 0.3) is 0 Å². The van der Waals surface area contributed by atoms with Crippen LogP contribution in [0.2, 0.25) is 0 Å². The smallest absolute Gasteiger partial charge is 0.271 e. The molecule has 1 saturated heterocycles. The van der Waals surface area contributed by atoms with Gasteiger partial charge in [0.05, 0.1) is 0 Å². The van der Waals surface area contributed by atoms with Gasteiger partial charge in [-0.1, -0.05) is 0 Å². The summed E-state index contributed by atoms with van der Waals surface area (Å²) in [4.78, 5) is 36.0. The van der Waals surface area contributed by atoms with E-state index in [-0.39, 0.29) is 12.4 Å². The second kappa shape index (κ2) is 6.04. The predicted molar refractivity (Wildman–Crippen MR) is 76.6 cm³/mol. The number of benzene rings is 1. The average Bonchev–Trinajstić information content (AvgIpc) is 2.44. The minimum absolute atomic E-state index is 0.0884. The van der Waals surface area contributed by atoms with Gasteiger partial charge in [-0.25, -0.2) is 5.43 Å². The van der Waals surface area contributed by atoms with Crippen LogP contribution in [-0.2, 0) is 9.59 Å². The molecule has 8 nitrogen and oxygen atoms in total. The Morgan fingerprint density at radius 3 is 2.24 bits per heavy atom. The lowest BCUT2D eigenvalue weighted by molar-refractivity contribution is -0.129. The molecule has 2 rings (SSSR count). The second-order valence-corrected chi connectivity index (χ2v) is 4.62. The third kappa shape index (κ3) is 3.78. The summed E-state index contributed by atoms with van der Waals surface area (Å²) in [5, 5.41) is 8.33. The Morgan fingerprint density at radius 1 is 1.14 bits per heavy atom. The molecule has 0 spiro atoms. The van der Waals surface area contributed by atoms with Gasteiger partial charge in [-0.15, -0.1) is 5.10 Å². The van der Waals surface area contributed by atoms with E-state index in [0.29, 0.717) is 5.56 Å². The fourth-order valence-corrected chi connectivity index (χ4v) is 1.67. The van der Waals surface area contributed by atoms with E-state index in [0.717, 1.165) is 5.69 Å². The number of anilines is 1. The van der Waals surface area contributed by atoms with Gasteiger partial charge in [0.1, 0.15) is 6.42 Å². The van der Waals surface area contributed by atoms with E-state index in [1.807, 2.05) is 19.0 Å². The van der Waals surface area contributed by atoms with Crippen LogP contribution in [0.1, 0.15) is 16.8 Å². The van der Waals surface area contributed by atoms with Crippen LogP contribution in [0.15, 0.2) is 29.4 Å². The molecule has 1 aliphatic rings. The summed E-state index contributed by atoms with van der Waals surface area (Å²) in [7, 11) is 3.80. The lowest BCUT2D eigenvalue weighted by Crippen LogP contribution is -2.51. The van der Waals surface area contributed by atoms with Gasteiger partial charge in [0.2, 0.25) is 17.8 Å². The number of hydrazone groups is 1. The maximum atomic E-state index is 11.9. The molecule has 3 N–H and O–H groups in total. The normalized spacial score (nSPS) is 14.1.